The third-order valence-electron chi connectivity index (χ3n) is 4.49. The molecule has 2 amide bonds. The van der Waals surface area contributed by atoms with Gasteiger partial charge in [0, 0.05) is 50.3 Å². The van der Waals surface area contributed by atoms with E-state index in [1.54, 1.807) is 42.5 Å². The molecule has 1 aliphatic carbocycles. The van der Waals surface area contributed by atoms with E-state index in [9.17, 15) is 4.79 Å². The lowest BCUT2D eigenvalue weighted by atomic mass is 10.1. The average molecular weight is 410 g/mol. The maximum Gasteiger partial charge on any atom is 0.317 e. The highest BCUT2D eigenvalue weighted by Crippen LogP contribution is 2.22. The summed E-state index contributed by atoms with van der Waals surface area (Å²) in [6.07, 6.45) is 16.7. The van der Waals surface area contributed by atoms with E-state index in [2.05, 4.69) is 36.6 Å². The van der Waals surface area contributed by atoms with Gasteiger partial charge in [0.25, 0.3) is 0 Å². The molecule has 30 heavy (non-hydrogen) atoms. The van der Waals surface area contributed by atoms with Gasteiger partial charge in [0.1, 0.15) is 17.6 Å². The molecular formula is C24H31N3O3. The number of nitrogens with one attached hydrogen (secondary N) is 1. The Morgan fingerprint density at radius 3 is 2.23 bits per heavy atom. The largest absolute Gasteiger partial charge is 0.490 e. The Bertz CT molecular complexity index is 765. The first-order chi connectivity index (χ1) is 14.6. The van der Waals surface area contributed by atoms with Crippen LogP contribution in [0.2, 0.25) is 0 Å². The number of amides is 2. The van der Waals surface area contributed by atoms with E-state index in [4.69, 9.17) is 9.47 Å². The van der Waals surface area contributed by atoms with Gasteiger partial charge in [-0.05, 0) is 25.0 Å². The minimum Gasteiger partial charge on any atom is -0.490 e. The van der Waals surface area contributed by atoms with Crippen LogP contribution in [-0.2, 0) is 9.47 Å². The van der Waals surface area contributed by atoms with Crippen LogP contribution in [0.1, 0.15) is 25.7 Å². The van der Waals surface area contributed by atoms with Crippen LogP contribution in [0.5, 0.6) is 0 Å². The van der Waals surface area contributed by atoms with Crippen LogP contribution >= 0.6 is 0 Å². The topological polar surface area (TPSA) is 63.2 Å². The number of rotatable bonds is 11. The summed E-state index contributed by atoms with van der Waals surface area (Å²) in [5.74, 6) is 1.43. The Hall–Kier alpha value is -3.28. The lowest BCUT2D eigenvalue weighted by molar-refractivity contribution is 0.0651. The van der Waals surface area contributed by atoms with E-state index in [0.29, 0.717) is 36.5 Å². The summed E-state index contributed by atoms with van der Waals surface area (Å²) < 4.78 is 11.9. The molecule has 6 heteroatoms. The molecule has 0 bridgehead atoms. The van der Waals surface area contributed by atoms with Gasteiger partial charge in [-0.1, -0.05) is 44.5 Å². The van der Waals surface area contributed by atoms with Crippen molar-refractivity contribution in [2.45, 2.75) is 37.8 Å². The standard InChI is InChI=1S/C24H31N3O3/c1-5-9-22(18-20(8-4)30-23(10-6-2)25-15-7-3)29-21-13-16-27(17-14-21)24(28)26-19-11-12-19/h5-10,15,18-19,21H,1-4,11-14,16-17H2,(H,26,28)/b20-18+,22-9+,23-10+,25-15?. The molecule has 2 rings (SSSR count). The van der Waals surface area contributed by atoms with Gasteiger partial charge in [-0.2, -0.15) is 0 Å². The highest BCUT2D eigenvalue weighted by atomic mass is 16.5. The van der Waals surface area contributed by atoms with Crippen molar-refractivity contribution in [1.82, 2.24) is 10.2 Å². The van der Waals surface area contributed by atoms with Crippen LogP contribution < -0.4 is 5.32 Å². The highest BCUT2D eigenvalue weighted by molar-refractivity contribution is 5.75. The van der Waals surface area contributed by atoms with Gasteiger partial charge in [0.15, 0.2) is 0 Å². The Labute approximate surface area is 179 Å². The number of carbonyl (C=O) groups excluding carboxylic acids is 1. The molecule has 6 nitrogen and oxygen atoms in total. The van der Waals surface area contributed by atoms with Gasteiger partial charge < -0.3 is 19.7 Å². The molecule has 1 saturated carbocycles. The van der Waals surface area contributed by atoms with Crippen molar-refractivity contribution in [1.29, 1.82) is 0 Å². The Morgan fingerprint density at radius 2 is 1.67 bits per heavy atom. The number of allylic oxidation sites excluding steroid dienone is 7. The number of aliphatic imine (C=N–C) groups is 1. The summed E-state index contributed by atoms with van der Waals surface area (Å²) in [4.78, 5) is 18.2. The smallest absolute Gasteiger partial charge is 0.317 e. The Kier molecular flexibility index (Phi) is 9.45. The second kappa shape index (κ2) is 12.3. The van der Waals surface area contributed by atoms with Gasteiger partial charge in [0.2, 0.25) is 5.88 Å². The van der Waals surface area contributed by atoms with Crippen LogP contribution in [0.3, 0.4) is 0 Å². The van der Waals surface area contributed by atoms with Crippen molar-refractivity contribution >= 4 is 12.2 Å². The first kappa shape index (κ1) is 23.0. The maximum absolute atomic E-state index is 12.2. The van der Waals surface area contributed by atoms with Crippen LogP contribution in [0.4, 0.5) is 4.79 Å². The van der Waals surface area contributed by atoms with E-state index in [1.807, 2.05) is 4.90 Å². The fourth-order valence-corrected chi connectivity index (χ4v) is 2.82. The van der Waals surface area contributed by atoms with E-state index >= 15 is 0 Å². The van der Waals surface area contributed by atoms with Crippen LogP contribution in [0.25, 0.3) is 0 Å². The highest BCUT2D eigenvalue weighted by Gasteiger charge is 2.28. The molecule has 0 aromatic carbocycles. The van der Waals surface area contributed by atoms with Crippen LogP contribution in [-0.4, -0.2) is 42.4 Å². The zero-order chi connectivity index (χ0) is 21.8. The molecular weight excluding hydrogens is 378 g/mol. The number of urea groups is 1. The van der Waals surface area contributed by atoms with Crippen molar-refractivity contribution in [2.75, 3.05) is 13.1 Å². The SMILES string of the molecule is C=CC=N/C(=C\C=C)O/C(C=C)=C/C(=C\C=C)OC1CCN(C(=O)NC2CC2)CC1. The summed E-state index contributed by atoms with van der Waals surface area (Å²) in [5, 5.41) is 3.03. The number of hydrogen-bond donors (Lipinski definition) is 1. The normalized spacial score (nSPS) is 18.7. The summed E-state index contributed by atoms with van der Waals surface area (Å²) in [7, 11) is 0. The van der Waals surface area contributed by atoms with E-state index < -0.39 is 0 Å². The number of hydrogen-bond acceptors (Lipinski definition) is 4. The number of piperidine rings is 1. The van der Waals surface area contributed by atoms with E-state index in [1.165, 1.54) is 6.21 Å². The lowest BCUT2D eigenvalue weighted by Crippen LogP contribution is -2.46. The van der Waals surface area contributed by atoms with Crippen LogP contribution in [0, 0.1) is 0 Å². The van der Waals surface area contributed by atoms with Crippen molar-refractivity contribution in [3.63, 3.8) is 0 Å². The number of carbonyl (C=O) groups is 1. The van der Waals surface area contributed by atoms with E-state index in [-0.39, 0.29) is 12.1 Å². The molecule has 1 saturated heterocycles. The molecule has 2 fully saturated rings. The number of likely N-dealkylation sites (tertiary alicyclic amines) is 1. The molecule has 1 N–H and O–H groups in total. The van der Waals surface area contributed by atoms with Gasteiger partial charge in [-0.25, -0.2) is 9.79 Å². The monoisotopic (exact) mass is 409 g/mol. The molecule has 2 aliphatic rings. The molecule has 0 unspecified atom stereocenters. The molecule has 0 radical (unpaired) electrons. The van der Waals surface area contributed by atoms with Gasteiger partial charge >= 0.3 is 6.03 Å². The van der Waals surface area contributed by atoms with Crippen LogP contribution in [0.15, 0.2) is 91.2 Å². The number of nitrogens with zero attached hydrogens (tertiary/aromatic N) is 2. The number of ether oxygens (including phenoxy) is 2. The predicted octanol–water partition coefficient (Wildman–Crippen LogP) is 4.78. The third-order valence-corrected chi connectivity index (χ3v) is 4.49. The second-order valence-corrected chi connectivity index (χ2v) is 6.94. The van der Waals surface area contributed by atoms with Crippen molar-refractivity contribution in [3.8, 4) is 0 Å². The molecule has 0 spiro atoms. The summed E-state index contributed by atoms with van der Waals surface area (Å²) in [6, 6.07) is 0.397. The molecule has 1 heterocycles. The fourth-order valence-electron chi connectivity index (χ4n) is 2.82. The lowest BCUT2D eigenvalue weighted by Gasteiger charge is -2.32. The van der Waals surface area contributed by atoms with Crippen molar-refractivity contribution < 1.29 is 14.3 Å². The van der Waals surface area contributed by atoms with Gasteiger partial charge in [0.05, 0.1) is 0 Å². The Balaban J connectivity index is 1.97. The second-order valence-electron chi connectivity index (χ2n) is 6.94. The summed E-state index contributed by atoms with van der Waals surface area (Å²) in [6.45, 7) is 16.2. The first-order valence-electron chi connectivity index (χ1n) is 10.1. The molecule has 0 aromatic heterocycles. The molecule has 1 aliphatic heterocycles. The minimum absolute atomic E-state index is 0.00506. The summed E-state index contributed by atoms with van der Waals surface area (Å²) in [5.41, 5.74) is 0. The molecule has 160 valence electrons. The molecule has 0 aromatic rings. The first-order valence-corrected chi connectivity index (χ1v) is 10.1. The predicted molar refractivity (Wildman–Crippen MR) is 122 cm³/mol. The Morgan fingerprint density at radius 1 is 0.967 bits per heavy atom. The third kappa shape index (κ3) is 7.99. The van der Waals surface area contributed by atoms with Crippen molar-refractivity contribution in [2.24, 2.45) is 4.99 Å². The minimum atomic E-state index is 0.00506. The zero-order valence-corrected chi connectivity index (χ0v) is 17.5. The zero-order valence-electron chi connectivity index (χ0n) is 17.5. The average Bonchev–Trinajstić information content (AvgIpc) is 3.56. The fraction of sp³-hybridized carbons (Fsp3) is 0.333. The quantitative estimate of drug-likeness (QED) is 0.303. The molecule has 0 atom stereocenters. The maximum atomic E-state index is 12.2. The van der Waals surface area contributed by atoms with Gasteiger partial charge in [-0.3, -0.25) is 0 Å². The van der Waals surface area contributed by atoms with Gasteiger partial charge in [-0.15, -0.1) is 0 Å². The van der Waals surface area contributed by atoms with Crippen molar-refractivity contribution in [3.05, 3.63) is 86.2 Å². The summed E-state index contributed by atoms with van der Waals surface area (Å²) >= 11 is 0. The van der Waals surface area contributed by atoms with E-state index in [0.717, 1.165) is 25.7 Å².